The van der Waals surface area contributed by atoms with Crippen molar-refractivity contribution in [2.75, 3.05) is 5.32 Å². The molecule has 0 atom stereocenters. The number of pyridine rings is 1. The lowest BCUT2D eigenvalue weighted by molar-refractivity contribution is 0.0258. The van der Waals surface area contributed by atoms with E-state index >= 15 is 8.78 Å². The van der Waals surface area contributed by atoms with Gasteiger partial charge in [-0.25, -0.2) is 14.3 Å². The number of carbonyl (C=O) groups is 1. The molecule has 12 heteroatoms. The highest BCUT2D eigenvalue weighted by Gasteiger charge is 2.41. The number of fused-ring (bicyclic) bond motifs is 2. The zero-order valence-corrected chi connectivity index (χ0v) is 17.7. The predicted molar refractivity (Wildman–Crippen MR) is 107 cm³/mol. The number of halogens is 3. The predicted octanol–water partition coefficient (Wildman–Crippen LogP) is 4.02. The van der Waals surface area contributed by atoms with Gasteiger partial charge in [-0.2, -0.15) is 13.9 Å². The van der Waals surface area contributed by atoms with E-state index in [1.165, 1.54) is 22.9 Å². The van der Waals surface area contributed by atoms with Crippen LogP contribution in [0.1, 0.15) is 32.3 Å². The first-order valence-corrected chi connectivity index (χ1v) is 9.58. The number of carbonyl (C=O) groups excluding carboxylic acids is 1. The summed E-state index contributed by atoms with van der Waals surface area (Å²) >= 11 is 3.25. The van der Waals surface area contributed by atoms with Gasteiger partial charge < -0.3 is 4.74 Å². The molecule has 4 heterocycles. The molecule has 0 aromatic carbocycles. The third-order valence-corrected chi connectivity index (χ3v) is 4.39. The third kappa shape index (κ3) is 3.82. The highest BCUT2D eigenvalue weighted by atomic mass is 79.9. The van der Waals surface area contributed by atoms with Gasteiger partial charge in [-0.3, -0.25) is 9.72 Å². The highest BCUT2D eigenvalue weighted by molar-refractivity contribution is 9.10. The Kier molecular flexibility index (Phi) is 4.68. The number of ether oxygens (including phenoxy) is 1. The van der Waals surface area contributed by atoms with Crippen molar-refractivity contribution in [1.29, 1.82) is 0 Å². The molecule has 1 N–H and O–H groups in total. The Morgan fingerprint density at radius 1 is 1.10 bits per heavy atom. The Hall–Kier alpha value is -3.15. The van der Waals surface area contributed by atoms with Crippen LogP contribution in [-0.4, -0.2) is 40.9 Å². The van der Waals surface area contributed by atoms with E-state index in [2.05, 4.69) is 41.5 Å². The molecule has 0 fully saturated rings. The molecular formula is C18H16BrF2N7O2. The van der Waals surface area contributed by atoms with E-state index in [4.69, 9.17) is 4.74 Å². The van der Waals surface area contributed by atoms with Gasteiger partial charge in [0, 0.05) is 10.7 Å². The van der Waals surface area contributed by atoms with Crippen LogP contribution < -0.4 is 5.32 Å². The maximum absolute atomic E-state index is 15.2. The van der Waals surface area contributed by atoms with Gasteiger partial charge in [0.1, 0.15) is 11.3 Å². The quantitative estimate of drug-likeness (QED) is 0.476. The molecule has 0 saturated heterocycles. The van der Waals surface area contributed by atoms with Gasteiger partial charge in [-0.05, 0) is 61.0 Å². The molecule has 0 radical (unpaired) electrons. The third-order valence-electron chi connectivity index (χ3n) is 3.92. The molecule has 9 nitrogen and oxygen atoms in total. The molecule has 0 aliphatic rings. The largest absolute Gasteiger partial charge is 0.444 e. The van der Waals surface area contributed by atoms with Crippen LogP contribution in [0.3, 0.4) is 0 Å². The maximum Gasteiger partial charge on any atom is 0.413 e. The summed E-state index contributed by atoms with van der Waals surface area (Å²) in [6.07, 6.45) is 2.06. The molecule has 0 aliphatic heterocycles. The Balaban J connectivity index is 1.67. The standard InChI is InChI=1S/C18H16BrF2N7O2/c1-17(2,3)30-16(29)23-12-9-28-13(22-12)7-5-11(26-28)18(20,21)15-25-24-14-6-4-10(19)8-27(14)15/h4-9H,1-3H3,(H,23,29). The van der Waals surface area contributed by atoms with E-state index in [1.54, 1.807) is 32.9 Å². The zero-order valence-electron chi connectivity index (χ0n) is 16.1. The van der Waals surface area contributed by atoms with Crippen LogP contribution in [0.15, 0.2) is 41.1 Å². The molecule has 0 spiro atoms. The smallest absolute Gasteiger partial charge is 0.413 e. The van der Waals surface area contributed by atoms with Gasteiger partial charge in [-0.15, -0.1) is 10.2 Å². The van der Waals surface area contributed by atoms with Gasteiger partial charge in [0.25, 0.3) is 0 Å². The summed E-state index contributed by atoms with van der Waals surface area (Å²) in [6.45, 7) is 5.16. The first kappa shape index (κ1) is 20.1. The second-order valence-corrected chi connectivity index (χ2v) is 8.36. The fraction of sp³-hybridized carbons (Fsp3) is 0.278. The average molecular weight is 480 g/mol. The van der Waals surface area contributed by atoms with Crippen LogP contribution in [-0.2, 0) is 10.7 Å². The van der Waals surface area contributed by atoms with E-state index in [-0.39, 0.29) is 17.1 Å². The second-order valence-electron chi connectivity index (χ2n) is 7.45. The van der Waals surface area contributed by atoms with Crippen molar-refractivity contribution in [2.24, 2.45) is 0 Å². The van der Waals surface area contributed by atoms with Crippen molar-refractivity contribution >= 4 is 39.1 Å². The summed E-state index contributed by atoms with van der Waals surface area (Å²) < 4.78 is 38.5. The number of hydrogen-bond donors (Lipinski definition) is 1. The Morgan fingerprint density at radius 2 is 1.83 bits per heavy atom. The van der Waals surface area contributed by atoms with Crippen LogP contribution in [0.4, 0.5) is 19.4 Å². The lowest BCUT2D eigenvalue weighted by atomic mass is 10.2. The summed E-state index contributed by atoms with van der Waals surface area (Å²) in [7, 11) is 0. The lowest BCUT2D eigenvalue weighted by Crippen LogP contribution is -2.27. The number of nitrogens with one attached hydrogen (secondary N) is 1. The Morgan fingerprint density at radius 3 is 2.57 bits per heavy atom. The van der Waals surface area contributed by atoms with Crippen molar-refractivity contribution in [2.45, 2.75) is 32.3 Å². The number of imidazole rings is 1. The van der Waals surface area contributed by atoms with Crippen molar-refractivity contribution in [1.82, 2.24) is 29.2 Å². The number of alkyl halides is 2. The molecule has 0 unspecified atom stereocenters. The van der Waals surface area contributed by atoms with Crippen molar-refractivity contribution < 1.29 is 18.3 Å². The Bertz CT molecular complexity index is 1260. The molecule has 4 rings (SSSR count). The van der Waals surface area contributed by atoms with E-state index < -0.39 is 29.1 Å². The van der Waals surface area contributed by atoms with Gasteiger partial charge in [0.05, 0.1) is 6.20 Å². The maximum atomic E-state index is 15.2. The summed E-state index contributed by atoms with van der Waals surface area (Å²) in [5, 5.41) is 13.8. The van der Waals surface area contributed by atoms with E-state index in [0.717, 1.165) is 10.6 Å². The first-order valence-electron chi connectivity index (χ1n) is 8.78. The highest BCUT2D eigenvalue weighted by Crippen LogP contribution is 2.34. The topological polar surface area (TPSA) is 98.7 Å². The normalized spacial score (nSPS) is 12.5. The van der Waals surface area contributed by atoms with E-state index in [1.807, 2.05) is 0 Å². The molecule has 30 heavy (non-hydrogen) atoms. The van der Waals surface area contributed by atoms with Crippen LogP contribution in [0.5, 0.6) is 0 Å². The molecule has 156 valence electrons. The van der Waals surface area contributed by atoms with Crippen molar-refractivity contribution in [3.05, 3.63) is 52.7 Å². The number of rotatable bonds is 3. The van der Waals surface area contributed by atoms with Gasteiger partial charge in [-0.1, -0.05) is 0 Å². The number of aromatic nitrogens is 6. The summed E-state index contributed by atoms with van der Waals surface area (Å²) in [5.41, 5.74) is -0.687. The van der Waals surface area contributed by atoms with Gasteiger partial charge in [0.2, 0.25) is 5.82 Å². The number of nitrogens with zero attached hydrogens (tertiary/aromatic N) is 6. The first-order chi connectivity index (χ1) is 14.0. The lowest BCUT2D eigenvalue weighted by Gasteiger charge is -2.18. The molecular weight excluding hydrogens is 464 g/mol. The van der Waals surface area contributed by atoms with Crippen LogP contribution >= 0.6 is 15.9 Å². The van der Waals surface area contributed by atoms with Crippen LogP contribution in [0.2, 0.25) is 0 Å². The molecule has 1 amide bonds. The summed E-state index contributed by atoms with van der Waals surface area (Å²) in [5.74, 6) is -3.98. The SMILES string of the molecule is CC(C)(C)OC(=O)Nc1cn2nc(C(F)(F)c3nnc4ccc(Br)cn34)ccc2n1. The molecule has 4 aromatic heterocycles. The average Bonchev–Trinajstić information content (AvgIpc) is 3.22. The van der Waals surface area contributed by atoms with Crippen LogP contribution in [0, 0.1) is 0 Å². The van der Waals surface area contributed by atoms with Gasteiger partial charge >= 0.3 is 12.0 Å². The fourth-order valence-corrected chi connectivity index (χ4v) is 3.05. The monoisotopic (exact) mass is 479 g/mol. The minimum Gasteiger partial charge on any atom is -0.444 e. The second kappa shape index (κ2) is 6.97. The zero-order chi connectivity index (χ0) is 21.7. The molecule has 0 aliphatic carbocycles. The molecule has 0 bridgehead atoms. The molecule has 0 saturated carbocycles. The number of amides is 1. The number of anilines is 1. The van der Waals surface area contributed by atoms with E-state index in [9.17, 15) is 4.79 Å². The fourth-order valence-electron chi connectivity index (χ4n) is 2.71. The van der Waals surface area contributed by atoms with E-state index in [0.29, 0.717) is 4.47 Å². The van der Waals surface area contributed by atoms with Crippen LogP contribution in [0.25, 0.3) is 11.3 Å². The summed E-state index contributed by atoms with van der Waals surface area (Å²) in [6, 6.07) is 5.77. The molecule has 4 aromatic rings. The van der Waals surface area contributed by atoms with Gasteiger partial charge in [0.15, 0.2) is 17.1 Å². The number of hydrogen-bond acceptors (Lipinski definition) is 6. The summed E-state index contributed by atoms with van der Waals surface area (Å²) in [4.78, 5) is 16.0. The Labute approximate surface area is 177 Å². The van der Waals surface area contributed by atoms with Crippen molar-refractivity contribution in [3.8, 4) is 0 Å². The minimum atomic E-state index is -3.53. The minimum absolute atomic E-state index is 0.120. The van der Waals surface area contributed by atoms with Crippen molar-refractivity contribution in [3.63, 3.8) is 0 Å².